The molecule has 1 aliphatic heterocycles. The molecule has 0 aromatic heterocycles. The van der Waals surface area contributed by atoms with E-state index >= 15 is 0 Å². The normalized spacial score (nSPS) is 23.9. The molecule has 0 bridgehead atoms. The highest BCUT2D eigenvalue weighted by Gasteiger charge is 2.20. The number of carbonyl (C=O) groups is 1. The van der Waals surface area contributed by atoms with Gasteiger partial charge in [-0.2, -0.15) is 0 Å². The smallest absolute Gasteiger partial charge is 0.230 e. The Balaban J connectivity index is 1.46. The molecular formula is C17H23NO3S. The zero-order chi connectivity index (χ0) is 15.4. The summed E-state index contributed by atoms with van der Waals surface area (Å²) < 4.78 is 11.1. The maximum Gasteiger partial charge on any atom is 0.230 e. The van der Waals surface area contributed by atoms with Gasteiger partial charge in [0, 0.05) is 10.9 Å². The Morgan fingerprint density at radius 1 is 1.18 bits per heavy atom. The van der Waals surface area contributed by atoms with Crippen molar-refractivity contribution in [3.63, 3.8) is 0 Å². The summed E-state index contributed by atoms with van der Waals surface area (Å²) in [5, 5.41) is 3.16. The average molecular weight is 321 g/mol. The van der Waals surface area contributed by atoms with Gasteiger partial charge in [-0.05, 0) is 49.8 Å². The number of hydrogen-bond donors (Lipinski definition) is 1. The molecule has 0 saturated heterocycles. The fraction of sp³-hybridized carbons (Fsp3) is 0.588. The first-order valence-electron chi connectivity index (χ1n) is 8.02. The Kier molecular flexibility index (Phi) is 5.13. The van der Waals surface area contributed by atoms with Crippen LogP contribution in [-0.2, 0) is 4.79 Å². The van der Waals surface area contributed by atoms with Crippen LogP contribution in [0, 0.1) is 5.92 Å². The van der Waals surface area contributed by atoms with E-state index in [0.717, 1.165) is 35.2 Å². The molecule has 1 amide bonds. The number of amides is 1. The van der Waals surface area contributed by atoms with Crippen LogP contribution in [0.3, 0.4) is 0 Å². The number of nitrogens with one attached hydrogen (secondary N) is 1. The summed E-state index contributed by atoms with van der Waals surface area (Å²) in [6.07, 6.45) is 4.67. The monoisotopic (exact) mass is 321 g/mol. The van der Waals surface area contributed by atoms with E-state index in [4.69, 9.17) is 9.47 Å². The van der Waals surface area contributed by atoms with Crippen molar-refractivity contribution in [1.82, 2.24) is 5.32 Å². The topological polar surface area (TPSA) is 47.6 Å². The van der Waals surface area contributed by atoms with Gasteiger partial charge < -0.3 is 14.8 Å². The van der Waals surface area contributed by atoms with Crippen LogP contribution < -0.4 is 14.8 Å². The van der Waals surface area contributed by atoms with E-state index in [9.17, 15) is 4.79 Å². The van der Waals surface area contributed by atoms with E-state index in [0.29, 0.717) is 25.0 Å². The quantitative estimate of drug-likeness (QED) is 0.865. The van der Waals surface area contributed by atoms with Crippen LogP contribution in [0.5, 0.6) is 11.5 Å². The first kappa shape index (κ1) is 15.5. The van der Waals surface area contributed by atoms with Crippen LogP contribution in [-0.4, -0.2) is 30.9 Å². The van der Waals surface area contributed by atoms with E-state index in [1.54, 1.807) is 11.8 Å². The second-order valence-corrected chi connectivity index (χ2v) is 7.17. The first-order chi connectivity index (χ1) is 10.7. The van der Waals surface area contributed by atoms with Crippen LogP contribution in [0.1, 0.15) is 32.6 Å². The summed E-state index contributed by atoms with van der Waals surface area (Å²) in [6.45, 7) is 3.47. The van der Waals surface area contributed by atoms with Gasteiger partial charge in [-0.25, -0.2) is 0 Å². The van der Waals surface area contributed by atoms with Crippen LogP contribution in [0.4, 0.5) is 0 Å². The van der Waals surface area contributed by atoms with Crippen molar-refractivity contribution in [2.45, 2.75) is 43.5 Å². The molecule has 1 aromatic carbocycles. The van der Waals surface area contributed by atoms with Crippen LogP contribution >= 0.6 is 11.8 Å². The molecule has 120 valence electrons. The Morgan fingerprint density at radius 2 is 1.91 bits per heavy atom. The molecule has 0 atom stereocenters. The molecule has 0 unspecified atom stereocenters. The number of fused-ring (bicyclic) bond motifs is 1. The maximum absolute atomic E-state index is 12.1. The van der Waals surface area contributed by atoms with E-state index in [-0.39, 0.29) is 5.91 Å². The molecule has 22 heavy (non-hydrogen) atoms. The van der Waals surface area contributed by atoms with Crippen LogP contribution in [0.2, 0.25) is 0 Å². The van der Waals surface area contributed by atoms with Crippen molar-refractivity contribution < 1.29 is 14.3 Å². The largest absolute Gasteiger partial charge is 0.486 e. The predicted octanol–water partition coefficient (Wildman–Crippen LogP) is 3.24. The number of ether oxygens (including phenoxy) is 2. The third-order valence-electron chi connectivity index (χ3n) is 4.26. The highest BCUT2D eigenvalue weighted by Crippen LogP contribution is 2.34. The molecule has 4 nitrogen and oxygen atoms in total. The number of benzene rings is 1. The minimum Gasteiger partial charge on any atom is -0.486 e. The second-order valence-electron chi connectivity index (χ2n) is 6.12. The van der Waals surface area contributed by atoms with Gasteiger partial charge in [-0.15, -0.1) is 11.8 Å². The van der Waals surface area contributed by atoms with Gasteiger partial charge in [0.25, 0.3) is 0 Å². The van der Waals surface area contributed by atoms with Gasteiger partial charge in [0.15, 0.2) is 11.5 Å². The van der Waals surface area contributed by atoms with E-state index in [2.05, 4.69) is 12.2 Å². The fourth-order valence-electron chi connectivity index (χ4n) is 2.94. The molecule has 2 aliphatic rings. The third kappa shape index (κ3) is 4.09. The van der Waals surface area contributed by atoms with Crippen molar-refractivity contribution in [3.05, 3.63) is 18.2 Å². The summed E-state index contributed by atoms with van der Waals surface area (Å²) >= 11 is 1.54. The Hall–Kier alpha value is -1.36. The minimum absolute atomic E-state index is 0.124. The SMILES string of the molecule is CC1CCC(NC(=O)CSc2ccc3c(c2)OCCO3)CC1. The van der Waals surface area contributed by atoms with Crippen molar-refractivity contribution >= 4 is 17.7 Å². The van der Waals surface area contributed by atoms with Gasteiger partial charge in [-0.1, -0.05) is 6.92 Å². The number of carbonyl (C=O) groups excluding carboxylic acids is 1. The molecule has 1 aliphatic carbocycles. The van der Waals surface area contributed by atoms with E-state index < -0.39 is 0 Å². The molecule has 3 rings (SSSR count). The molecular weight excluding hydrogens is 298 g/mol. The van der Waals surface area contributed by atoms with Gasteiger partial charge >= 0.3 is 0 Å². The van der Waals surface area contributed by atoms with E-state index in [1.807, 2.05) is 18.2 Å². The highest BCUT2D eigenvalue weighted by atomic mass is 32.2. The number of hydrogen-bond acceptors (Lipinski definition) is 4. The summed E-state index contributed by atoms with van der Waals surface area (Å²) in [7, 11) is 0. The molecule has 1 N–H and O–H groups in total. The zero-order valence-corrected chi connectivity index (χ0v) is 13.8. The summed E-state index contributed by atoms with van der Waals surface area (Å²) in [5.74, 6) is 2.94. The van der Waals surface area contributed by atoms with Crippen molar-refractivity contribution in [1.29, 1.82) is 0 Å². The first-order valence-corrected chi connectivity index (χ1v) is 9.01. The molecule has 1 heterocycles. The summed E-state index contributed by atoms with van der Waals surface area (Å²) in [4.78, 5) is 13.1. The molecule has 1 fully saturated rings. The summed E-state index contributed by atoms with van der Waals surface area (Å²) in [6, 6.07) is 6.21. The van der Waals surface area contributed by atoms with Gasteiger partial charge in [0.2, 0.25) is 5.91 Å². The lowest BCUT2D eigenvalue weighted by molar-refractivity contribution is -0.119. The Morgan fingerprint density at radius 3 is 2.68 bits per heavy atom. The van der Waals surface area contributed by atoms with Crippen LogP contribution in [0.25, 0.3) is 0 Å². The molecule has 5 heteroatoms. The lowest BCUT2D eigenvalue weighted by Crippen LogP contribution is -2.38. The fourth-order valence-corrected chi connectivity index (χ4v) is 3.67. The highest BCUT2D eigenvalue weighted by molar-refractivity contribution is 8.00. The third-order valence-corrected chi connectivity index (χ3v) is 5.26. The van der Waals surface area contributed by atoms with Crippen molar-refractivity contribution in [2.24, 2.45) is 5.92 Å². The van der Waals surface area contributed by atoms with Gasteiger partial charge in [0.05, 0.1) is 5.75 Å². The summed E-state index contributed by atoms with van der Waals surface area (Å²) in [5.41, 5.74) is 0. The molecule has 1 saturated carbocycles. The van der Waals surface area contributed by atoms with Gasteiger partial charge in [0.1, 0.15) is 13.2 Å². The Bertz CT molecular complexity index is 527. The second kappa shape index (κ2) is 7.27. The Labute approximate surface area is 135 Å². The number of rotatable bonds is 4. The minimum atomic E-state index is 0.124. The lowest BCUT2D eigenvalue weighted by atomic mass is 9.87. The van der Waals surface area contributed by atoms with E-state index in [1.165, 1.54) is 12.8 Å². The molecule has 0 radical (unpaired) electrons. The van der Waals surface area contributed by atoms with Crippen molar-refractivity contribution in [3.8, 4) is 11.5 Å². The van der Waals surface area contributed by atoms with Gasteiger partial charge in [-0.3, -0.25) is 4.79 Å². The predicted molar refractivity (Wildman–Crippen MR) is 87.7 cm³/mol. The number of thioether (sulfide) groups is 1. The molecule has 0 spiro atoms. The zero-order valence-electron chi connectivity index (χ0n) is 13.0. The maximum atomic E-state index is 12.1. The standard InChI is InChI=1S/C17H23NO3S/c1-12-2-4-13(5-3-12)18-17(19)11-22-14-6-7-15-16(10-14)21-9-8-20-15/h6-7,10,12-13H,2-5,8-9,11H2,1H3,(H,18,19). The average Bonchev–Trinajstić information content (AvgIpc) is 2.55. The van der Waals surface area contributed by atoms with Crippen molar-refractivity contribution in [2.75, 3.05) is 19.0 Å². The lowest BCUT2D eigenvalue weighted by Gasteiger charge is -2.26. The molecule has 1 aromatic rings. The van der Waals surface area contributed by atoms with Crippen LogP contribution in [0.15, 0.2) is 23.1 Å².